The van der Waals surface area contributed by atoms with Gasteiger partial charge in [-0.25, -0.2) is 0 Å². The van der Waals surface area contributed by atoms with Crippen LogP contribution in [0.4, 0.5) is 0 Å². The maximum atomic E-state index is 10.3. The SMILES string of the molecule is CC(NCCCC(=O)O)C(O)c1cccs1. The average molecular weight is 243 g/mol. The first-order valence-corrected chi connectivity index (χ1v) is 6.16. The fraction of sp³-hybridized carbons (Fsp3) is 0.545. The molecule has 1 heterocycles. The predicted octanol–water partition coefficient (Wildman–Crippen LogP) is 1.62. The van der Waals surface area contributed by atoms with Crippen LogP contribution in [0.5, 0.6) is 0 Å². The maximum Gasteiger partial charge on any atom is 0.303 e. The second-order valence-corrected chi connectivity index (χ2v) is 4.68. The fourth-order valence-corrected chi connectivity index (χ4v) is 2.20. The van der Waals surface area contributed by atoms with E-state index >= 15 is 0 Å². The van der Waals surface area contributed by atoms with Gasteiger partial charge in [0.25, 0.3) is 0 Å². The standard InChI is InChI=1S/C11H17NO3S/c1-8(12-6-2-5-10(13)14)11(15)9-4-3-7-16-9/h3-4,7-8,11-12,15H,2,5-6H2,1H3,(H,13,14). The molecule has 0 amide bonds. The lowest BCUT2D eigenvalue weighted by Crippen LogP contribution is -2.32. The predicted molar refractivity (Wildman–Crippen MR) is 63.6 cm³/mol. The highest BCUT2D eigenvalue weighted by molar-refractivity contribution is 7.10. The number of thiophene rings is 1. The number of rotatable bonds is 7. The van der Waals surface area contributed by atoms with Crippen LogP contribution in [0.2, 0.25) is 0 Å². The summed E-state index contributed by atoms with van der Waals surface area (Å²) in [5, 5.41) is 23.4. The molecule has 0 aliphatic rings. The van der Waals surface area contributed by atoms with Gasteiger partial charge in [-0.05, 0) is 31.3 Å². The van der Waals surface area contributed by atoms with Gasteiger partial charge >= 0.3 is 5.97 Å². The van der Waals surface area contributed by atoms with E-state index in [2.05, 4.69) is 5.32 Å². The van der Waals surface area contributed by atoms with Crippen molar-refractivity contribution >= 4 is 17.3 Å². The van der Waals surface area contributed by atoms with Crippen molar-refractivity contribution in [1.29, 1.82) is 0 Å². The van der Waals surface area contributed by atoms with E-state index in [4.69, 9.17) is 5.11 Å². The molecule has 0 fully saturated rings. The number of carboxylic acid groups (broad SMARTS) is 1. The molecule has 4 nitrogen and oxygen atoms in total. The number of aliphatic hydroxyl groups is 1. The highest BCUT2D eigenvalue weighted by atomic mass is 32.1. The lowest BCUT2D eigenvalue weighted by molar-refractivity contribution is -0.137. The number of carbonyl (C=O) groups is 1. The van der Waals surface area contributed by atoms with E-state index in [1.165, 1.54) is 11.3 Å². The number of aliphatic hydroxyl groups excluding tert-OH is 1. The summed E-state index contributed by atoms with van der Waals surface area (Å²) in [4.78, 5) is 11.2. The van der Waals surface area contributed by atoms with Gasteiger partial charge in [-0.15, -0.1) is 11.3 Å². The lowest BCUT2D eigenvalue weighted by atomic mass is 10.1. The smallest absolute Gasteiger partial charge is 0.303 e. The Labute approximate surface area is 98.9 Å². The molecule has 0 aliphatic heterocycles. The van der Waals surface area contributed by atoms with Crippen LogP contribution < -0.4 is 5.32 Å². The first kappa shape index (κ1) is 13.2. The molecule has 1 rings (SSSR count). The molecule has 0 radical (unpaired) electrons. The molecular formula is C11H17NO3S. The molecular weight excluding hydrogens is 226 g/mol. The van der Waals surface area contributed by atoms with Gasteiger partial charge in [-0.3, -0.25) is 4.79 Å². The maximum absolute atomic E-state index is 10.3. The second kappa shape index (κ2) is 6.62. The van der Waals surface area contributed by atoms with Crippen LogP contribution in [-0.2, 0) is 4.79 Å². The van der Waals surface area contributed by atoms with Gasteiger partial charge in [0.05, 0.1) is 0 Å². The van der Waals surface area contributed by atoms with Gasteiger partial charge in [-0.2, -0.15) is 0 Å². The third-order valence-electron chi connectivity index (χ3n) is 2.34. The number of aliphatic carboxylic acids is 1. The Morgan fingerprint density at radius 2 is 2.38 bits per heavy atom. The van der Waals surface area contributed by atoms with E-state index in [1.54, 1.807) is 0 Å². The quantitative estimate of drug-likeness (QED) is 0.637. The topological polar surface area (TPSA) is 69.6 Å². The summed E-state index contributed by atoms with van der Waals surface area (Å²) in [7, 11) is 0. The monoisotopic (exact) mass is 243 g/mol. The Morgan fingerprint density at radius 1 is 1.62 bits per heavy atom. The van der Waals surface area contributed by atoms with Gasteiger partial charge in [0.2, 0.25) is 0 Å². The molecule has 2 atom stereocenters. The Hall–Kier alpha value is -0.910. The Balaban J connectivity index is 2.24. The van der Waals surface area contributed by atoms with Crippen LogP contribution >= 0.6 is 11.3 Å². The molecule has 1 aromatic rings. The van der Waals surface area contributed by atoms with E-state index in [-0.39, 0.29) is 12.5 Å². The van der Waals surface area contributed by atoms with Gasteiger partial charge in [0.15, 0.2) is 0 Å². The van der Waals surface area contributed by atoms with E-state index < -0.39 is 12.1 Å². The van der Waals surface area contributed by atoms with Crippen LogP contribution in [0.1, 0.15) is 30.7 Å². The molecule has 0 saturated heterocycles. The lowest BCUT2D eigenvalue weighted by Gasteiger charge is -2.18. The molecule has 0 spiro atoms. The molecule has 0 saturated carbocycles. The fourth-order valence-electron chi connectivity index (χ4n) is 1.39. The third kappa shape index (κ3) is 4.30. The van der Waals surface area contributed by atoms with Crippen LogP contribution in [0.3, 0.4) is 0 Å². The summed E-state index contributed by atoms with van der Waals surface area (Å²) in [6.07, 6.45) is 0.218. The molecule has 2 unspecified atom stereocenters. The van der Waals surface area contributed by atoms with Crippen molar-refractivity contribution in [3.05, 3.63) is 22.4 Å². The van der Waals surface area contributed by atoms with Crippen LogP contribution in [0.15, 0.2) is 17.5 Å². The molecule has 5 heteroatoms. The van der Waals surface area contributed by atoms with Crippen molar-refractivity contribution in [2.45, 2.75) is 31.9 Å². The first-order valence-electron chi connectivity index (χ1n) is 5.28. The third-order valence-corrected chi connectivity index (χ3v) is 3.28. The van der Waals surface area contributed by atoms with E-state index in [9.17, 15) is 9.90 Å². The number of carboxylic acids is 1. The second-order valence-electron chi connectivity index (χ2n) is 3.70. The van der Waals surface area contributed by atoms with Crippen molar-refractivity contribution < 1.29 is 15.0 Å². The zero-order chi connectivity index (χ0) is 12.0. The molecule has 90 valence electrons. The zero-order valence-corrected chi connectivity index (χ0v) is 10.0. The summed E-state index contributed by atoms with van der Waals surface area (Å²) in [5.41, 5.74) is 0. The van der Waals surface area contributed by atoms with Gasteiger partial charge in [0, 0.05) is 17.3 Å². The highest BCUT2D eigenvalue weighted by Crippen LogP contribution is 2.21. The van der Waals surface area contributed by atoms with Crippen molar-refractivity contribution in [2.75, 3.05) is 6.54 Å². The summed E-state index contributed by atoms with van der Waals surface area (Å²) < 4.78 is 0. The normalized spacial score (nSPS) is 14.6. The molecule has 0 aliphatic carbocycles. The molecule has 0 bridgehead atoms. The van der Waals surface area contributed by atoms with E-state index in [0.717, 1.165) is 4.88 Å². The number of hydrogen-bond acceptors (Lipinski definition) is 4. The first-order chi connectivity index (χ1) is 7.61. The average Bonchev–Trinajstić information content (AvgIpc) is 2.76. The van der Waals surface area contributed by atoms with Crippen LogP contribution in [0, 0.1) is 0 Å². The largest absolute Gasteiger partial charge is 0.481 e. The highest BCUT2D eigenvalue weighted by Gasteiger charge is 2.16. The zero-order valence-electron chi connectivity index (χ0n) is 9.22. The summed E-state index contributed by atoms with van der Waals surface area (Å²) in [6, 6.07) is 3.73. The minimum atomic E-state index is -0.784. The minimum Gasteiger partial charge on any atom is -0.481 e. The molecule has 0 aromatic carbocycles. The van der Waals surface area contributed by atoms with Crippen molar-refractivity contribution in [3.8, 4) is 0 Å². The molecule has 3 N–H and O–H groups in total. The van der Waals surface area contributed by atoms with Crippen molar-refractivity contribution in [1.82, 2.24) is 5.32 Å². The number of hydrogen-bond donors (Lipinski definition) is 3. The van der Waals surface area contributed by atoms with E-state index in [1.807, 2.05) is 24.4 Å². The summed E-state index contributed by atoms with van der Waals surface area (Å²) in [5.74, 6) is -0.784. The Bertz CT molecular complexity index is 313. The number of nitrogens with one attached hydrogen (secondary N) is 1. The molecule has 16 heavy (non-hydrogen) atoms. The van der Waals surface area contributed by atoms with Crippen LogP contribution in [0.25, 0.3) is 0 Å². The van der Waals surface area contributed by atoms with Crippen molar-refractivity contribution in [3.63, 3.8) is 0 Å². The van der Waals surface area contributed by atoms with Crippen LogP contribution in [-0.4, -0.2) is 28.8 Å². The van der Waals surface area contributed by atoms with Gasteiger partial charge in [-0.1, -0.05) is 6.07 Å². The van der Waals surface area contributed by atoms with Gasteiger partial charge < -0.3 is 15.5 Å². The molecule has 1 aromatic heterocycles. The van der Waals surface area contributed by atoms with Gasteiger partial charge in [0.1, 0.15) is 6.10 Å². The Kier molecular flexibility index (Phi) is 5.45. The van der Waals surface area contributed by atoms with E-state index in [0.29, 0.717) is 13.0 Å². The summed E-state index contributed by atoms with van der Waals surface area (Å²) >= 11 is 1.52. The van der Waals surface area contributed by atoms with Crippen molar-refractivity contribution in [2.24, 2.45) is 0 Å². The minimum absolute atomic E-state index is 0.0626. The summed E-state index contributed by atoms with van der Waals surface area (Å²) in [6.45, 7) is 2.50. The Morgan fingerprint density at radius 3 is 2.94 bits per heavy atom.